The zero-order valence-electron chi connectivity index (χ0n) is 16.8. The molecule has 5 atom stereocenters. The van der Waals surface area contributed by atoms with Crippen LogP contribution in [0.25, 0.3) is 0 Å². The Kier molecular flexibility index (Phi) is 4.96. The molecule has 0 aliphatic heterocycles. The van der Waals surface area contributed by atoms with Crippen LogP contribution < -0.4 is 5.73 Å². The first kappa shape index (κ1) is 19.3. The summed E-state index contributed by atoms with van der Waals surface area (Å²) in [5, 5.41) is 0.764. The molecule has 0 saturated heterocycles. The van der Waals surface area contributed by atoms with Crippen molar-refractivity contribution >= 4 is 35.2 Å². The van der Waals surface area contributed by atoms with Gasteiger partial charge in [0, 0.05) is 22.9 Å². The predicted molar refractivity (Wildman–Crippen MR) is 124 cm³/mol. The second-order valence-corrected chi connectivity index (χ2v) is 11.3. The summed E-state index contributed by atoms with van der Waals surface area (Å²) in [6.45, 7) is 0. The highest BCUT2D eigenvalue weighted by molar-refractivity contribution is 7.99. The van der Waals surface area contributed by atoms with Crippen LogP contribution >= 0.6 is 24.0 Å². The highest BCUT2D eigenvalue weighted by atomic mass is 32.2. The summed E-state index contributed by atoms with van der Waals surface area (Å²) in [5.41, 5.74) is 8.10. The van der Waals surface area contributed by atoms with E-state index in [1.165, 1.54) is 38.5 Å². The minimum Gasteiger partial charge on any atom is -0.328 e. The molecule has 2 N–H and O–H groups in total. The number of nitrogens with zero attached hydrogens (tertiary/aromatic N) is 1. The van der Waals surface area contributed by atoms with Gasteiger partial charge in [-0.15, -0.1) is 0 Å². The number of aliphatic imine (C=N–C) groups is 1. The molecule has 4 heteroatoms. The maximum atomic E-state index is 6.08. The number of nitrogens with two attached hydrogens (primary N) is 1. The quantitative estimate of drug-likeness (QED) is 0.532. The van der Waals surface area contributed by atoms with Gasteiger partial charge in [-0.2, -0.15) is 11.8 Å². The van der Waals surface area contributed by atoms with Crippen molar-refractivity contribution in [2.24, 2.45) is 33.9 Å². The van der Waals surface area contributed by atoms with Crippen LogP contribution in [0.15, 0.2) is 35.3 Å². The van der Waals surface area contributed by atoms with E-state index in [0.29, 0.717) is 23.3 Å². The Balaban J connectivity index is 1.41. The lowest BCUT2D eigenvalue weighted by atomic mass is 9.63. The van der Waals surface area contributed by atoms with Crippen LogP contribution in [0.1, 0.15) is 56.9 Å². The molecule has 28 heavy (non-hydrogen) atoms. The molecule has 1 aromatic rings. The Morgan fingerprint density at radius 2 is 1.89 bits per heavy atom. The van der Waals surface area contributed by atoms with Gasteiger partial charge in [-0.05, 0) is 86.4 Å². The van der Waals surface area contributed by atoms with Gasteiger partial charge < -0.3 is 5.73 Å². The maximum absolute atomic E-state index is 6.08. The molecule has 6 rings (SSSR count). The topological polar surface area (TPSA) is 38.4 Å². The third-order valence-electron chi connectivity index (χ3n) is 8.42. The maximum Gasteiger partial charge on any atom is 0.109 e. The third-order valence-corrected chi connectivity index (χ3v) is 10.2. The number of hydrogen-bond acceptors (Lipinski definition) is 3. The van der Waals surface area contributed by atoms with Crippen molar-refractivity contribution < 1.29 is 0 Å². The second-order valence-electron chi connectivity index (χ2n) is 9.92. The lowest BCUT2D eigenvalue weighted by molar-refractivity contribution is 0.221. The molecular formula is C24H32N2S2. The third kappa shape index (κ3) is 2.94. The minimum atomic E-state index is 0.156. The Morgan fingerprint density at radius 1 is 1.14 bits per heavy atom. The zero-order chi connectivity index (χ0) is 19.4. The molecule has 0 amide bonds. The number of hydrogen-bond donors (Lipinski definition) is 1. The summed E-state index contributed by atoms with van der Waals surface area (Å²) in [4.78, 5) is 6.01. The molecule has 5 aliphatic carbocycles. The lowest BCUT2D eigenvalue weighted by Gasteiger charge is -2.42. The molecule has 1 aromatic carbocycles. The SMILES string of the molecule is CSC1C2CC3(c4ccccc4)CC1C(C(=S)N=CC1CCC(N)CC1)(C2)C3. The largest absolute Gasteiger partial charge is 0.328 e. The lowest BCUT2D eigenvalue weighted by Crippen LogP contribution is -2.37. The molecule has 150 valence electrons. The average Bonchev–Trinajstić information content (AvgIpc) is 3.10. The fourth-order valence-corrected chi connectivity index (χ4v) is 8.87. The summed E-state index contributed by atoms with van der Waals surface area (Å²) in [6.07, 6.45) is 14.2. The number of rotatable bonds is 4. The molecular weight excluding hydrogens is 380 g/mol. The van der Waals surface area contributed by atoms with Gasteiger partial charge in [-0.25, -0.2) is 0 Å². The number of benzene rings is 1. The molecule has 5 fully saturated rings. The normalized spacial score (nSPS) is 44.4. The van der Waals surface area contributed by atoms with E-state index >= 15 is 0 Å². The van der Waals surface area contributed by atoms with Crippen molar-refractivity contribution in [1.82, 2.24) is 0 Å². The Hall–Kier alpha value is -0.710. The zero-order valence-corrected chi connectivity index (χ0v) is 18.5. The Bertz CT molecular complexity index is 770. The minimum absolute atomic E-state index is 0.156. The van der Waals surface area contributed by atoms with Crippen LogP contribution in [0.5, 0.6) is 0 Å². The first-order valence-electron chi connectivity index (χ1n) is 11.0. The molecule has 4 bridgehead atoms. The van der Waals surface area contributed by atoms with Gasteiger partial charge in [-0.3, -0.25) is 4.99 Å². The monoisotopic (exact) mass is 412 g/mol. The van der Waals surface area contributed by atoms with Crippen molar-refractivity contribution in [1.29, 1.82) is 0 Å². The van der Waals surface area contributed by atoms with Crippen LogP contribution in [0, 0.1) is 23.2 Å². The summed E-state index contributed by atoms with van der Waals surface area (Å²) in [7, 11) is 0. The highest BCUT2D eigenvalue weighted by Gasteiger charge is 2.69. The van der Waals surface area contributed by atoms with Gasteiger partial charge in [-0.1, -0.05) is 42.5 Å². The summed E-state index contributed by atoms with van der Waals surface area (Å²) in [5.74, 6) is 2.07. The first-order chi connectivity index (χ1) is 13.6. The number of thiocarbonyl (C=S) groups is 1. The predicted octanol–water partition coefficient (Wildman–Crippen LogP) is 5.39. The van der Waals surface area contributed by atoms with Crippen molar-refractivity contribution in [3.05, 3.63) is 35.9 Å². The molecule has 2 nitrogen and oxygen atoms in total. The molecule has 5 unspecified atom stereocenters. The summed E-state index contributed by atoms with van der Waals surface area (Å²) in [6, 6.07) is 11.7. The molecule has 5 saturated carbocycles. The van der Waals surface area contributed by atoms with Crippen LogP contribution in [0.2, 0.25) is 0 Å². The summed E-state index contributed by atoms with van der Waals surface area (Å²) < 4.78 is 0. The van der Waals surface area contributed by atoms with Crippen LogP contribution in [-0.4, -0.2) is 28.8 Å². The van der Waals surface area contributed by atoms with E-state index in [0.717, 1.165) is 29.0 Å². The highest BCUT2D eigenvalue weighted by Crippen LogP contribution is 2.73. The van der Waals surface area contributed by atoms with Gasteiger partial charge in [0.05, 0.1) is 0 Å². The van der Waals surface area contributed by atoms with E-state index in [2.05, 4.69) is 54.6 Å². The van der Waals surface area contributed by atoms with Gasteiger partial charge in [0.2, 0.25) is 0 Å². The molecule has 0 heterocycles. The van der Waals surface area contributed by atoms with E-state index < -0.39 is 0 Å². The van der Waals surface area contributed by atoms with Crippen molar-refractivity contribution in [3.63, 3.8) is 0 Å². The Labute approximate surface area is 179 Å². The van der Waals surface area contributed by atoms with E-state index in [1.54, 1.807) is 5.56 Å². The molecule has 0 radical (unpaired) electrons. The van der Waals surface area contributed by atoms with Crippen LogP contribution in [0.4, 0.5) is 0 Å². The van der Waals surface area contributed by atoms with E-state index in [1.807, 2.05) is 0 Å². The fraction of sp³-hybridized carbons (Fsp3) is 0.667. The van der Waals surface area contributed by atoms with Crippen molar-refractivity contribution in [3.8, 4) is 0 Å². The summed E-state index contributed by atoms with van der Waals surface area (Å²) >= 11 is 8.16. The molecule has 0 spiro atoms. The van der Waals surface area contributed by atoms with E-state index in [4.69, 9.17) is 22.9 Å². The van der Waals surface area contributed by atoms with Gasteiger partial charge >= 0.3 is 0 Å². The first-order valence-corrected chi connectivity index (χ1v) is 12.7. The average molecular weight is 413 g/mol. The smallest absolute Gasteiger partial charge is 0.109 e. The van der Waals surface area contributed by atoms with E-state index in [9.17, 15) is 0 Å². The van der Waals surface area contributed by atoms with Crippen molar-refractivity contribution in [2.75, 3.05) is 6.26 Å². The number of thioether (sulfide) groups is 1. The standard InChI is InChI=1S/C24H32N2S2/c1-28-21-17-11-23(18-5-3-2-4-6-18)13-20(21)24(12-17,15-23)22(27)26-14-16-7-9-19(25)10-8-16/h2-6,14,16-17,19-21H,7-13,15,25H2,1H3. The van der Waals surface area contributed by atoms with Crippen molar-refractivity contribution in [2.45, 2.75) is 68.1 Å². The Morgan fingerprint density at radius 3 is 2.61 bits per heavy atom. The van der Waals surface area contributed by atoms with Gasteiger partial charge in [0.15, 0.2) is 0 Å². The fourth-order valence-electron chi connectivity index (χ4n) is 7.24. The van der Waals surface area contributed by atoms with E-state index in [-0.39, 0.29) is 5.41 Å². The molecule has 5 aliphatic rings. The van der Waals surface area contributed by atoms with Gasteiger partial charge in [0.1, 0.15) is 4.99 Å². The van der Waals surface area contributed by atoms with Crippen LogP contribution in [-0.2, 0) is 5.41 Å². The van der Waals surface area contributed by atoms with Crippen LogP contribution in [0.3, 0.4) is 0 Å². The van der Waals surface area contributed by atoms with Gasteiger partial charge in [0.25, 0.3) is 0 Å². The second kappa shape index (κ2) is 7.21. The molecule has 0 aromatic heterocycles.